The standard InChI is InChI=1S/C13H11BrClNO/c14-10-2-5-12(6-3-10)17-8-9-1-4-11(15)7-13(9)16/h1-7H,8,16H2. The maximum absolute atomic E-state index is 5.84. The highest BCUT2D eigenvalue weighted by molar-refractivity contribution is 9.10. The maximum atomic E-state index is 5.84. The van der Waals surface area contributed by atoms with E-state index >= 15 is 0 Å². The molecule has 2 aromatic carbocycles. The molecule has 4 heteroatoms. The van der Waals surface area contributed by atoms with Crippen molar-refractivity contribution in [3.05, 3.63) is 57.5 Å². The number of hydrogen-bond donors (Lipinski definition) is 1. The Balaban J connectivity index is 2.04. The minimum absolute atomic E-state index is 0.435. The van der Waals surface area contributed by atoms with Crippen LogP contribution in [0.4, 0.5) is 5.69 Å². The molecule has 0 heterocycles. The number of ether oxygens (including phenoxy) is 1. The number of nitrogen functional groups attached to an aromatic ring is 1. The lowest BCUT2D eigenvalue weighted by molar-refractivity contribution is 0.307. The van der Waals surface area contributed by atoms with E-state index in [0.717, 1.165) is 15.8 Å². The average molecular weight is 313 g/mol. The zero-order chi connectivity index (χ0) is 12.3. The lowest BCUT2D eigenvalue weighted by atomic mass is 10.2. The Morgan fingerprint density at radius 2 is 1.82 bits per heavy atom. The molecule has 2 nitrogen and oxygen atoms in total. The van der Waals surface area contributed by atoms with E-state index in [4.69, 9.17) is 22.1 Å². The summed E-state index contributed by atoms with van der Waals surface area (Å²) in [6.07, 6.45) is 0. The summed E-state index contributed by atoms with van der Waals surface area (Å²) in [5.41, 5.74) is 7.41. The van der Waals surface area contributed by atoms with Crippen molar-refractivity contribution in [2.24, 2.45) is 0 Å². The van der Waals surface area contributed by atoms with Gasteiger partial charge in [0.25, 0.3) is 0 Å². The fraction of sp³-hybridized carbons (Fsp3) is 0.0769. The van der Waals surface area contributed by atoms with Crippen LogP contribution in [-0.2, 0) is 6.61 Å². The van der Waals surface area contributed by atoms with Crippen molar-refractivity contribution in [3.63, 3.8) is 0 Å². The van der Waals surface area contributed by atoms with Crippen LogP contribution in [0.3, 0.4) is 0 Å². The third kappa shape index (κ3) is 3.38. The lowest BCUT2D eigenvalue weighted by Crippen LogP contribution is -1.99. The van der Waals surface area contributed by atoms with E-state index in [1.54, 1.807) is 12.1 Å². The molecule has 17 heavy (non-hydrogen) atoms. The Kier molecular flexibility index (Phi) is 3.92. The minimum Gasteiger partial charge on any atom is -0.489 e. The normalized spacial score (nSPS) is 10.2. The van der Waals surface area contributed by atoms with Crippen LogP contribution in [0.15, 0.2) is 46.9 Å². The molecule has 0 amide bonds. The summed E-state index contributed by atoms with van der Waals surface area (Å²) in [5, 5.41) is 0.634. The van der Waals surface area contributed by atoms with Gasteiger partial charge in [-0.3, -0.25) is 0 Å². The Labute approximate surface area is 113 Å². The molecular formula is C13H11BrClNO. The maximum Gasteiger partial charge on any atom is 0.119 e. The molecule has 0 spiro atoms. The molecule has 0 saturated heterocycles. The third-order valence-electron chi connectivity index (χ3n) is 2.32. The fourth-order valence-corrected chi connectivity index (χ4v) is 1.83. The first-order valence-electron chi connectivity index (χ1n) is 5.07. The molecule has 0 aliphatic heterocycles. The van der Waals surface area contributed by atoms with Gasteiger partial charge in [0.15, 0.2) is 0 Å². The number of hydrogen-bond acceptors (Lipinski definition) is 2. The summed E-state index contributed by atoms with van der Waals surface area (Å²) in [7, 11) is 0. The molecule has 0 atom stereocenters. The number of anilines is 1. The molecule has 0 aromatic heterocycles. The second kappa shape index (κ2) is 5.43. The molecule has 0 saturated carbocycles. The van der Waals surface area contributed by atoms with E-state index in [0.29, 0.717) is 17.3 Å². The van der Waals surface area contributed by atoms with E-state index in [-0.39, 0.29) is 0 Å². The summed E-state index contributed by atoms with van der Waals surface area (Å²) in [6, 6.07) is 13.1. The summed E-state index contributed by atoms with van der Waals surface area (Å²) in [5.74, 6) is 0.808. The second-order valence-corrected chi connectivity index (χ2v) is 4.94. The third-order valence-corrected chi connectivity index (χ3v) is 3.08. The van der Waals surface area contributed by atoms with Crippen molar-refractivity contribution in [1.29, 1.82) is 0 Å². The van der Waals surface area contributed by atoms with Crippen molar-refractivity contribution in [2.45, 2.75) is 6.61 Å². The quantitative estimate of drug-likeness (QED) is 0.859. The SMILES string of the molecule is Nc1cc(Cl)ccc1COc1ccc(Br)cc1. The van der Waals surface area contributed by atoms with Gasteiger partial charge in [0.05, 0.1) is 0 Å². The van der Waals surface area contributed by atoms with Crippen LogP contribution in [0.2, 0.25) is 5.02 Å². The van der Waals surface area contributed by atoms with Crippen LogP contribution in [0.5, 0.6) is 5.75 Å². The first kappa shape index (κ1) is 12.3. The second-order valence-electron chi connectivity index (χ2n) is 3.59. The smallest absolute Gasteiger partial charge is 0.119 e. The van der Waals surface area contributed by atoms with Crippen LogP contribution in [-0.4, -0.2) is 0 Å². The van der Waals surface area contributed by atoms with E-state index in [1.807, 2.05) is 30.3 Å². The molecule has 2 rings (SSSR count). The number of benzene rings is 2. The molecule has 88 valence electrons. The van der Waals surface area contributed by atoms with E-state index in [2.05, 4.69) is 15.9 Å². The van der Waals surface area contributed by atoms with Gasteiger partial charge in [-0.2, -0.15) is 0 Å². The zero-order valence-electron chi connectivity index (χ0n) is 8.99. The highest BCUT2D eigenvalue weighted by Crippen LogP contribution is 2.21. The van der Waals surface area contributed by atoms with Gasteiger partial charge in [-0.15, -0.1) is 0 Å². The number of rotatable bonds is 3. The highest BCUT2D eigenvalue weighted by atomic mass is 79.9. The zero-order valence-corrected chi connectivity index (χ0v) is 11.3. The van der Waals surface area contributed by atoms with Gasteiger partial charge in [-0.25, -0.2) is 0 Å². The molecule has 0 radical (unpaired) electrons. The van der Waals surface area contributed by atoms with Crippen molar-refractivity contribution in [3.8, 4) is 5.75 Å². The van der Waals surface area contributed by atoms with Crippen molar-refractivity contribution >= 4 is 33.2 Å². The van der Waals surface area contributed by atoms with Gasteiger partial charge in [-0.05, 0) is 36.4 Å². The molecule has 0 aliphatic carbocycles. The first-order valence-corrected chi connectivity index (χ1v) is 6.24. The molecule has 0 aliphatic rings. The van der Waals surface area contributed by atoms with E-state index in [1.165, 1.54) is 0 Å². The predicted molar refractivity (Wildman–Crippen MR) is 74.3 cm³/mol. The molecule has 0 fully saturated rings. The number of nitrogens with two attached hydrogens (primary N) is 1. The van der Waals surface area contributed by atoms with Crippen molar-refractivity contribution in [1.82, 2.24) is 0 Å². The van der Waals surface area contributed by atoms with Gasteiger partial charge in [0.2, 0.25) is 0 Å². The predicted octanol–water partition coefficient (Wildman–Crippen LogP) is 4.26. The van der Waals surface area contributed by atoms with Crippen molar-refractivity contribution < 1.29 is 4.74 Å². The number of halogens is 2. The van der Waals surface area contributed by atoms with E-state index < -0.39 is 0 Å². The van der Waals surface area contributed by atoms with E-state index in [9.17, 15) is 0 Å². The van der Waals surface area contributed by atoms with Crippen LogP contribution in [0.1, 0.15) is 5.56 Å². The Hall–Kier alpha value is -1.19. The first-order chi connectivity index (χ1) is 8.15. The summed E-state index contributed by atoms with van der Waals surface area (Å²) in [6.45, 7) is 0.435. The highest BCUT2D eigenvalue weighted by Gasteiger charge is 2.01. The Morgan fingerprint density at radius 1 is 1.12 bits per heavy atom. The Morgan fingerprint density at radius 3 is 2.47 bits per heavy atom. The minimum atomic E-state index is 0.435. The molecule has 2 aromatic rings. The van der Waals surface area contributed by atoms with Crippen LogP contribution < -0.4 is 10.5 Å². The van der Waals surface area contributed by atoms with Gasteiger partial charge >= 0.3 is 0 Å². The molecule has 0 bridgehead atoms. The summed E-state index contributed by atoms with van der Waals surface area (Å²) < 4.78 is 6.65. The van der Waals surface area contributed by atoms with Gasteiger partial charge < -0.3 is 10.5 Å². The molecular weight excluding hydrogens is 302 g/mol. The summed E-state index contributed by atoms with van der Waals surface area (Å²) in [4.78, 5) is 0. The Bertz CT molecular complexity index is 513. The van der Waals surface area contributed by atoms with Crippen molar-refractivity contribution in [2.75, 3.05) is 5.73 Å². The van der Waals surface area contributed by atoms with Crippen LogP contribution in [0.25, 0.3) is 0 Å². The monoisotopic (exact) mass is 311 g/mol. The fourth-order valence-electron chi connectivity index (χ4n) is 1.39. The van der Waals surface area contributed by atoms with Crippen LogP contribution in [0, 0.1) is 0 Å². The summed E-state index contributed by atoms with van der Waals surface area (Å²) >= 11 is 9.20. The van der Waals surface area contributed by atoms with Gasteiger partial charge in [0.1, 0.15) is 12.4 Å². The van der Waals surface area contributed by atoms with Gasteiger partial charge in [0, 0.05) is 20.7 Å². The topological polar surface area (TPSA) is 35.2 Å². The van der Waals surface area contributed by atoms with Gasteiger partial charge in [-0.1, -0.05) is 33.6 Å². The largest absolute Gasteiger partial charge is 0.489 e. The lowest BCUT2D eigenvalue weighted by Gasteiger charge is -2.08. The average Bonchev–Trinajstić information content (AvgIpc) is 2.30. The molecule has 0 unspecified atom stereocenters. The molecule has 2 N–H and O–H groups in total. The van der Waals surface area contributed by atoms with Crippen LogP contribution >= 0.6 is 27.5 Å².